The first-order valence-corrected chi connectivity index (χ1v) is 11.1. The number of aromatic nitrogens is 3. The number of nitrogen functional groups attached to an aromatic ring is 1. The molecule has 0 atom stereocenters. The van der Waals surface area contributed by atoms with E-state index in [1.165, 1.54) is 4.68 Å². The van der Waals surface area contributed by atoms with Gasteiger partial charge in [-0.05, 0) is 30.7 Å². The molecule has 0 fully saturated rings. The number of rotatable bonds is 8. The van der Waals surface area contributed by atoms with Crippen molar-refractivity contribution < 1.29 is 14.3 Å². The number of amides is 1. The Balaban J connectivity index is 1.29. The number of nitrogens with two attached hydrogens (primary N) is 1. The molecule has 10 nitrogen and oxygen atoms in total. The molecule has 2 aromatic carbocycles. The van der Waals surface area contributed by atoms with Gasteiger partial charge in [0.25, 0.3) is 5.95 Å². The number of fused-ring (bicyclic) bond motifs is 1. The van der Waals surface area contributed by atoms with Gasteiger partial charge >= 0.3 is 0 Å². The zero-order valence-corrected chi connectivity index (χ0v) is 18.7. The predicted molar refractivity (Wildman–Crippen MR) is 129 cm³/mol. The second-order valence-electron chi connectivity index (χ2n) is 6.98. The average molecular weight is 466 g/mol. The van der Waals surface area contributed by atoms with Gasteiger partial charge in [0.2, 0.25) is 11.1 Å². The van der Waals surface area contributed by atoms with Crippen molar-refractivity contribution in [1.29, 1.82) is 0 Å². The van der Waals surface area contributed by atoms with E-state index in [4.69, 9.17) is 15.3 Å². The van der Waals surface area contributed by atoms with Crippen molar-refractivity contribution in [1.82, 2.24) is 14.9 Å². The van der Waals surface area contributed by atoms with Crippen LogP contribution < -0.4 is 26.1 Å². The Labute approximate surface area is 194 Å². The third kappa shape index (κ3) is 6.04. The van der Waals surface area contributed by atoms with Crippen LogP contribution in [-0.2, 0) is 4.79 Å². The van der Waals surface area contributed by atoms with Gasteiger partial charge < -0.3 is 20.6 Å². The summed E-state index contributed by atoms with van der Waals surface area (Å²) in [6.07, 6.45) is 3.83. The maximum atomic E-state index is 12.3. The molecule has 1 aliphatic heterocycles. The van der Waals surface area contributed by atoms with Crippen molar-refractivity contribution in [3.8, 4) is 11.5 Å². The summed E-state index contributed by atoms with van der Waals surface area (Å²) < 4.78 is 12.3. The number of thioether (sulfide) groups is 1. The second kappa shape index (κ2) is 10.6. The number of nitrogens with one attached hydrogen (secondary N) is 2. The van der Waals surface area contributed by atoms with Crippen molar-refractivity contribution in [2.45, 2.75) is 12.1 Å². The molecule has 0 bridgehead atoms. The Kier molecular flexibility index (Phi) is 7.10. The number of carbonyl (C=O) groups excluding carboxylic acids is 1. The molecule has 2 heterocycles. The topological polar surface area (TPSA) is 129 Å². The van der Waals surface area contributed by atoms with Gasteiger partial charge in [-0.2, -0.15) is 5.10 Å². The SMILES string of the molecule is CC(/C=C/c1ccccc1)=N\Nc1nnc(SCC(=O)Nc2ccc3c(c2)OCCO3)n1N. The van der Waals surface area contributed by atoms with E-state index < -0.39 is 0 Å². The molecule has 3 aromatic rings. The highest BCUT2D eigenvalue weighted by Gasteiger charge is 2.15. The standard InChI is InChI=1S/C22H23N7O3S/c1-15(7-8-16-5-3-2-4-6-16)25-26-21-27-28-22(29(21)23)33-14-20(30)24-17-9-10-18-19(13-17)32-12-11-31-18/h2-10,13H,11-12,14,23H2,1H3,(H,24,30)(H,26,27)/b8-7+,25-15+. The number of hydrogen-bond acceptors (Lipinski definition) is 9. The normalized spacial score (nSPS) is 13.2. The summed E-state index contributed by atoms with van der Waals surface area (Å²) in [6.45, 7) is 2.85. The summed E-state index contributed by atoms with van der Waals surface area (Å²) in [7, 11) is 0. The van der Waals surface area contributed by atoms with Gasteiger partial charge in [0.1, 0.15) is 13.2 Å². The van der Waals surface area contributed by atoms with Crippen molar-refractivity contribution in [2.24, 2.45) is 5.10 Å². The van der Waals surface area contributed by atoms with Crippen molar-refractivity contribution in [3.63, 3.8) is 0 Å². The lowest BCUT2D eigenvalue weighted by atomic mass is 10.2. The number of hydrazone groups is 1. The van der Waals surface area contributed by atoms with E-state index in [9.17, 15) is 4.79 Å². The zero-order chi connectivity index (χ0) is 23.0. The molecule has 11 heteroatoms. The molecule has 0 radical (unpaired) electrons. The van der Waals surface area contributed by atoms with Gasteiger partial charge in [-0.25, -0.2) is 10.1 Å². The molecule has 1 aliphatic rings. The molecule has 1 aromatic heterocycles. The molecule has 170 valence electrons. The number of nitrogens with zero attached hydrogens (tertiary/aromatic N) is 4. The van der Waals surface area contributed by atoms with E-state index in [1.54, 1.807) is 18.2 Å². The highest BCUT2D eigenvalue weighted by Crippen LogP contribution is 2.32. The fourth-order valence-electron chi connectivity index (χ4n) is 2.86. The maximum Gasteiger partial charge on any atom is 0.264 e. The van der Waals surface area contributed by atoms with Gasteiger partial charge in [0, 0.05) is 11.8 Å². The number of allylic oxidation sites excluding steroid dienone is 1. The highest BCUT2D eigenvalue weighted by atomic mass is 32.2. The number of ether oxygens (including phenoxy) is 2. The van der Waals surface area contributed by atoms with Gasteiger partial charge in [0.15, 0.2) is 11.5 Å². The van der Waals surface area contributed by atoms with Gasteiger partial charge in [-0.1, -0.05) is 48.2 Å². The molecule has 0 saturated heterocycles. The first kappa shape index (κ1) is 22.2. The minimum Gasteiger partial charge on any atom is -0.486 e. The summed E-state index contributed by atoms with van der Waals surface area (Å²) in [5.41, 5.74) is 5.21. The number of benzene rings is 2. The third-order valence-electron chi connectivity index (χ3n) is 4.47. The summed E-state index contributed by atoms with van der Waals surface area (Å²) in [4.78, 5) is 12.3. The molecule has 0 aliphatic carbocycles. The Morgan fingerprint density at radius 3 is 2.79 bits per heavy atom. The summed E-state index contributed by atoms with van der Waals surface area (Å²) in [5.74, 6) is 7.45. The molecule has 0 saturated carbocycles. The lowest BCUT2D eigenvalue weighted by Gasteiger charge is -2.18. The molecule has 0 spiro atoms. The van der Waals surface area contributed by atoms with Crippen molar-refractivity contribution in [3.05, 3.63) is 60.2 Å². The number of hydrogen-bond donors (Lipinski definition) is 3. The molecule has 4 N–H and O–H groups in total. The van der Waals surface area contributed by atoms with Crippen LogP contribution in [0.1, 0.15) is 12.5 Å². The monoisotopic (exact) mass is 465 g/mol. The Hall–Kier alpha value is -3.99. The fourth-order valence-corrected chi connectivity index (χ4v) is 3.51. The van der Waals surface area contributed by atoms with Crippen LogP contribution in [0.2, 0.25) is 0 Å². The van der Waals surface area contributed by atoms with E-state index in [0.29, 0.717) is 35.6 Å². The molecular formula is C22H23N7O3S. The summed E-state index contributed by atoms with van der Waals surface area (Å²) in [5, 5.41) is 15.4. The second-order valence-corrected chi connectivity index (χ2v) is 7.92. The fraction of sp³-hybridized carbons (Fsp3) is 0.182. The van der Waals surface area contributed by atoms with Gasteiger partial charge in [0.05, 0.1) is 11.5 Å². The van der Waals surface area contributed by atoms with E-state index >= 15 is 0 Å². The third-order valence-corrected chi connectivity index (χ3v) is 5.41. The zero-order valence-electron chi connectivity index (χ0n) is 17.9. The average Bonchev–Trinajstić information content (AvgIpc) is 3.20. The van der Waals surface area contributed by atoms with Crippen LogP contribution >= 0.6 is 11.8 Å². The minimum absolute atomic E-state index is 0.103. The van der Waals surface area contributed by atoms with E-state index in [-0.39, 0.29) is 17.6 Å². The lowest BCUT2D eigenvalue weighted by Crippen LogP contribution is -2.18. The molecular weight excluding hydrogens is 442 g/mol. The van der Waals surface area contributed by atoms with Crippen LogP contribution in [0.5, 0.6) is 11.5 Å². The lowest BCUT2D eigenvalue weighted by molar-refractivity contribution is -0.113. The van der Waals surface area contributed by atoms with Crippen molar-refractivity contribution >= 4 is 41.1 Å². The number of anilines is 2. The van der Waals surface area contributed by atoms with Crippen molar-refractivity contribution in [2.75, 3.05) is 35.6 Å². The van der Waals surface area contributed by atoms with Crippen LogP contribution in [-0.4, -0.2) is 45.5 Å². The first-order chi connectivity index (χ1) is 16.1. The van der Waals surface area contributed by atoms with E-state index in [1.807, 2.05) is 49.4 Å². The van der Waals surface area contributed by atoms with E-state index in [0.717, 1.165) is 23.0 Å². The maximum absolute atomic E-state index is 12.3. The smallest absolute Gasteiger partial charge is 0.264 e. The van der Waals surface area contributed by atoms with E-state index in [2.05, 4.69) is 26.0 Å². The molecule has 1 amide bonds. The summed E-state index contributed by atoms with van der Waals surface area (Å²) >= 11 is 1.16. The molecule has 33 heavy (non-hydrogen) atoms. The number of carbonyl (C=O) groups is 1. The van der Waals surface area contributed by atoms with Gasteiger partial charge in [-0.15, -0.1) is 10.2 Å². The minimum atomic E-state index is -0.214. The molecule has 4 rings (SSSR count). The largest absolute Gasteiger partial charge is 0.486 e. The first-order valence-electron chi connectivity index (χ1n) is 10.1. The van der Waals surface area contributed by atoms with Crippen LogP contribution in [0.3, 0.4) is 0 Å². The van der Waals surface area contributed by atoms with Crippen LogP contribution in [0.4, 0.5) is 11.6 Å². The van der Waals surface area contributed by atoms with Crippen LogP contribution in [0.15, 0.2) is 64.9 Å². The van der Waals surface area contributed by atoms with Crippen LogP contribution in [0.25, 0.3) is 6.08 Å². The molecule has 0 unspecified atom stereocenters. The Morgan fingerprint density at radius 1 is 1.18 bits per heavy atom. The summed E-state index contributed by atoms with van der Waals surface area (Å²) in [6, 6.07) is 15.2. The Bertz CT molecular complexity index is 1180. The predicted octanol–water partition coefficient (Wildman–Crippen LogP) is 3.00. The highest BCUT2D eigenvalue weighted by molar-refractivity contribution is 7.99. The van der Waals surface area contributed by atoms with Gasteiger partial charge in [-0.3, -0.25) is 4.79 Å². The quantitative estimate of drug-likeness (QED) is 0.200. The van der Waals surface area contributed by atoms with Crippen LogP contribution in [0, 0.1) is 0 Å². The Morgan fingerprint density at radius 2 is 1.97 bits per heavy atom.